The second-order valence-corrected chi connectivity index (χ2v) is 13.3. The first-order chi connectivity index (χ1) is 26.7. The van der Waals surface area contributed by atoms with Crippen LogP contribution in [0.15, 0.2) is 146 Å². The van der Waals surface area contributed by atoms with Crippen LogP contribution in [0.4, 0.5) is 0 Å². The van der Waals surface area contributed by atoms with Crippen molar-refractivity contribution < 1.29 is 15.0 Å². The third-order valence-electron chi connectivity index (χ3n) is 8.31. The molecular formula is C50H77NO3. The highest BCUT2D eigenvalue weighted by Gasteiger charge is 2.17. The van der Waals surface area contributed by atoms with Crippen molar-refractivity contribution in [3.63, 3.8) is 0 Å². The number of nitrogens with one attached hydrogen (secondary N) is 1. The Kier molecular flexibility index (Phi) is 40.7. The van der Waals surface area contributed by atoms with Crippen LogP contribution in [0.1, 0.15) is 142 Å². The summed E-state index contributed by atoms with van der Waals surface area (Å²) in [7, 11) is 0. The van der Waals surface area contributed by atoms with E-state index in [2.05, 4.69) is 153 Å². The molecule has 0 aliphatic carbocycles. The van der Waals surface area contributed by atoms with E-state index in [0.29, 0.717) is 6.42 Å². The number of unbranched alkanes of at least 4 members (excludes halogenated alkanes) is 6. The molecule has 0 rings (SSSR count). The monoisotopic (exact) mass is 740 g/mol. The van der Waals surface area contributed by atoms with E-state index in [1.807, 2.05) is 6.08 Å². The lowest BCUT2D eigenvalue weighted by molar-refractivity contribution is -0.123. The van der Waals surface area contributed by atoms with Crippen LogP contribution in [-0.4, -0.2) is 34.9 Å². The van der Waals surface area contributed by atoms with Gasteiger partial charge in [-0.3, -0.25) is 4.79 Å². The number of hydrogen-bond donors (Lipinski definition) is 3. The van der Waals surface area contributed by atoms with Gasteiger partial charge in [-0.2, -0.15) is 0 Å². The lowest BCUT2D eigenvalue weighted by atomic mass is 10.1. The normalized spacial score (nSPS) is 14.5. The van der Waals surface area contributed by atoms with E-state index < -0.39 is 12.1 Å². The van der Waals surface area contributed by atoms with Gasteiger partial charge in [0.25, 0.3) is 0 Å². The molecule has 4 nitrogen and oxygen atoms in total. The summed E-state index contributed by atoms with van der Waals surface area (Å²) in [6.07, 6.45) is 71.0. The molecule has 2 atom stereocenters. The minimum atomic E-state index is -0.889. The Morgan fingerprint density at radius 3 is 1.22 bits per heavy atom. The molecule has 0 radical (unpaired) electrons. The van der Waals surface area contributed by atoms with Gasteiger partial charge in [0.05, 0.1) is 18.8 Å². The van der Waals surface area contributed by atoms with Crippen LogP contribution in [0.5, 0.6) is 0 Å². The summed E-state index contributed by atoms with van der Waals surface area (Å²) >= 11 is 0. The van der Waals surface area contributed by atoms with E-state index in [-0.39, 0.29) is 12.5 Å². The van der Waals surface area contributed by atoms with Crippen LogP contribution in [-0.2, 0) is 4.79 Å². The van der Waals surface area contributed by atoms with Gasteiger partial charge in [0.1, 0.15) is 0 Å². The molecule has 0 fully saturated rings. The Hall–Kier alpha value is -3.73. The van der Waals surface area contributed by atoms with Crippen molar-refractivity contribution >= 4 is 5.91 Å². The van der Waals surface area contributed by atoms with Crippen LogP contribution in [0.3, 0.4) is 0 Å². The topological polar surface area (TPSA) is 69.6 Å². The van der Waals surface area contributed by atoms with Crippen LogP contribution >= 0.6 is 0 Å². The van der Waals surface area contributed by atoms with E-state index in [4.69, 9.17) is 0 Å². The van der Waals surface area contributed by atoms with Gasteiger partial charge in [-0.05, 0) is 109 Å². The molecule has 0 bridgehead atoms. The number of aliphatic hydroxyl groups excluding tert-OH is 2. The molecule has 0 spiro atoms. The van der Waals surface area contributed by atoms with Crippen LogP contribution in [0.25, 0.3) is 0 Å². The minimum Gasteiger partial charge on any atom is -0.394 e. The molecule has 3 N–H and O–H groups in total. The van der Waals surface area contributed by atoms with Gasteiger partial charge in [0, 0.05) is 6.42 Å². The Morgan fingerprint density at radius 2 is 0.815 bits per heavy atom. The molecule has 54 heavy (non-hydrogen) atoms. The van der Waals surface area contributed by atoms with E-state index >= 15 is 0 Å². The van der Waals surface area contributed by atoms with Gasteiger partial charge in [0.2, 0.25) is 5.91 Å². The zero-order valence-corrected chi connectivity index (χ0v) is 34.2. The number of allylic oxidation sites excluding steroid dienone is 23. The zero-order chi connectivity index (χ0) is 39.3. The lowest BCUT2D eigenvalue weighted by Gasteiger charge is -2.19. The highest BCUT2D eigenvalue weighted by atomic mass is 16.3. The smallest absolute Gasteiger partial charge is 0.220 e. The second-order valence-electron chi connectivity index (χ2n) is 13.3. The fraction of sp³-hybridized carbons (Fsp3) is 0.500. The number of carbonyl (C=O) groups is 1. The lowest BCUT2D eigenvalue weighted by Crippen LogP contribution is -2.45. The van der Waals surface area contributed by atoms with Crippen molar-refractivity contribution in [2.45, 2.75) is 154 Å². The molecule has 0 aliphatic heterocycles. The highest BCUT2D eigenvalue weighted by molar-refractivity contribution is 5.76. The molecule has 1 amide bonds. The van der Waals surface area contributed by atoms with E-state index in [1.165, 1.54) is 19.3 Å². The second kappa shape index (κ2) is 43.7. The molecule has 4 heteroatoms. The molecule has 2 unspecified atom stereocenters. The third-order valence-corrected chi connectivity index (χ3v) is 8.31. The Bertz CT molecular complexity index is 1200. The third kappa shape index (κ3) is 39.5. The fourth-order valence-corrected chi connectivity index (χ4v) is 5.10. The molecule has 0 saturated carbocycles. The summed E-state index contributed by atoms with van der Waals surface area (Å²) in [6, 6.07) is -0.671. The van der Waals surface area contributed by atoms with Crippen molar-refractivity contribution in [3.8, 4) is 0 Å². The largest absolute Gasteiger partial charge is 0.394 e. The number of hydrogen-bond acceptors (Lipinski definition) is 3. The summed E-state index contributed by atoms with van der Waals surface area (Å²) in [5.41, 5.74) is 0. The van der Waals surface area contributed by atoms with Gasteiger partial charge in [0.15, 0.2) is 0 Å². The zero-order valence-electron chi connectivity index (χ0n) is 34.2. The van der Waals surface area contributed by atoms with E-state index in [0.717, 1.165) is 103 Å². The number of carbonyl (C=O) groups excluding carboxylic acids is 1. The number of rotatable bonds is 35. The van der Waals surface area contributed by atoms with Gasteiger partial charge < -0.3 is 15.5 Å². The summed E-state index contributed by atoms with van der Waals surface area (Å²) in [6.45, 7) is 4.08. The molecule has 300 valence electrons. The maximum Gasteiger partial charge on any atom is 0.220 e. The number of aliphatic hydroxyl groups is 2. The Balaban J connectivity index is 3.79. The Morgan fingerprint density at radius 1 is 0.463 bits per heavy atom. The summed E-state index contributed by atoms with van der Waals surface area (Å²) in [5.74, 6) is -0.128. The van der Waals surface area contributed by atoms with Crippen molar-refractivity contribution in [3.05, 3.63) is 146 Å². The van der Waals surface area contributed by atoms with Crippen molar-refractivity contribution in [2.24, 2.45) is 0 Å². The molecule has 0 aromatic carbocycles. The standard InChI is InChI=1S/C50H77NO3/c1-3-5-7-9-11-13-14-15-16-17-18-19-20-21-22-23-24-25-26-27-28-29-30-31-32-33-34-35-36-38-40-42-44-46-50(54)51-48(47-52)49(53)45-43-41-39-37-12-10-8-6-4-2/h5,7,11-13,15-16,18-19,21-22,24-25,27-28,30-31,33-34,36-38,43,45,48-49,52-53H,3-4,6,8-10,14,17,20,23,26,29,32,35,39-42,44,46-47H2,1-2H3,(H,51,54)/b7-5-,13-11-,16-15-,19-18-,22-21-,25-24-,28-27-,31-30-,34-33-,37-12+,38-36-,45-43+. The van der Waals surface area contributed by atoms with E-state index in [9.17, 15) is 15.0 Å². The quantitative estimate of drug-likeness (QED) is 0.0448. The molecule has 0 heterocycles. The van der Waals surface area contributed by atoms with Gasteiger partial charge in [-0.15, -0.1) is 0 Å². The molecular weight excluding hydrogens is 663 g/mol. The average molecular weight is 740 g/mol. The fourth-order valence-electron chi connectivity index (χ4n) is 5.10. The maximum absolute atomic E-state index is 12.3. The molecule has 0 aromatic heterocycles. The van der Waals surface area contributed by atoms with Crippen molar-refractivity contribution in [1.82, 2.24) is 5.32 Å². The minimum absolute atomic E-state index is 0.128. The first kappa shape index (κ1) is 50.3. The molecule has 0 aromatic rings. The van der Waals surface area contributed by atoms with Crippen molar-refractivity contribution in [2.75, 3.05) is 6.61 Å². The first-order valence-corrected chi connectivity index (χ1v) is 21.0. The SMILES string of the molecule is CC/C=C\C/C=C\C/C=C\C/C=C\C/C=C\C/C=C\C/C=C\C/C=C\C/C=C\C/C=C\CCCCC(=O)NC(CO)C(O)/C=C/CC/C=C/CCCCC. The van der Waals surface area contributed by atoms with E-state index in [1.54, 1.807) is 6.08 Å². The van der Waals surface area contributed by atoms with Gasteiger partial charge >= 0.3 is 0 Å². The van der Waals surface area contributed by atoms with Gasteiger partial charge in [-0.25, -0.2) is 0 Å². The summed E-state index contributed by atoms with van der Waals surface area (Å²) in [5, 5.41) is 22.8. The predicted octanol–water partition coefficient (Wildman–Crippen LogP) is 13.3. The average Bonchev–Trinajstić information content (AvgIpc) is 3.18. The van der Waals surface area contributed by atoms with Crippen LogP contribution in [0.2, 0.25) is 0 Å². The summed E-state index contributed by atoms with van der Waals surface area (Å²) in [4.78, 5) is 12.3. The molecule has 0 saturated heterocycles. The van der Waals surface area contributed by atoms with Gasteiger partial charge in [-0.1, -0.05) is 173 Å². The maximum atomic E-state index is 12.3. The van der Waals surface area contributed by atoms with Crippen molar-refractivity contribution in [1.29, 1.82) is 0 Å². The summed E-state index contributed by atoms with van der Waals surface area (Å²) < 4.78 is 0. The first-order valence-electron chi connectivity index (χ1n) is 21.0. The Labute approximate surface area is 332 Å². The van der Waals surface area contributed by atoms with Crippen LogP contribution in [0, 0.1) is 0 Å². The van der Waals surface area contributed by atoms with Crippen LogP contribution < -0.4 is 5.32 Å². The molecule has 0 aliphatic rings. The number of amides is 1. The predicted molar refractivity (Wildman–Crippen MR) is 238 cm³/mol. The highest BCUT2D eigenvalue weighted by Crippen LogP contribution is 2.06.